The van der Waals surface area contributed by atoms with Crippen molar-refractivity contribution in [3.8, 4) is 0 Å². The van der Waals surface area contributed by atoms with Crippen LogP contribution in [0.25, 0.3) is 0 Å². The normalized spacial score (nSPS) is 13.5. The second-order valence-electron chi connectivity index (χ2n) is 4.19. The van der Waals surface area contributed by atoms with Gasteiger partial charge in [-0.05, 0) is 6.42 Å². The van der Waals surface area contributed by atoms with E-state index in [1.54, 1.807) is 0 Å². The molecule has 6 nitrogen and oxygen atoms in total. The molecule has 0 amide bonds. The molecule has 0 bridgehead atoms. The number of aliphatic hydroxyl groups excluding tert-OH is 1. The molecule has 0 aliphatic heterocycles. The van der Waals surface area contributed by atoms with Crippen molar-refractivity contribution in [1.82, 2.24) is 0 Å². The first-order chi connectivity index (χ1) is 9.04. The van der Waals surface area contributed by atoms with E-state index in [2.05, 4.69) is 11.2 Å². The summed E-state index contributed by atoms with van der Waals surface area (Å²) in [6.07, 6.45) is 11.8. The number of rotatable bonds is 11. The highest BCUT2D eigenvalue weighted by Gasteiger charge is 1.93. The molecule has 2 unspecified atom stereocenters. The highest BCUT2D eigenvalue weighted by molar-refractivity contribution is 7.46. The van der Waals surface area contributed by atoms with E-state index in [1.165, 1.54) is 51.4 Å². The predicted molar refractivity (Wildman–Crippen MR) is 77.8 cm³/mol. The molecule has 0 radical (unpaired) electrons. The van der Waals surface area contributed by atoms with E-state index in [4.69, 9.17) is 14.9 Å². The Hall–Kier alpha value is 0.300. The molecule has 0 rings (SSSR count). The molecule has 0 aromatic carbocycles. The molecule has 0 aromatic heterocycles. The second kappa shape index (κ2) is 18.3. The van der Waals surface area contributed by atoms with Gasteiger partial charge < -0.3 is 14.9 Å². The quantitative estimate of drug-likeness (QED) is 0.399. The highest BCUT2D eigenvalue weighted by atomic mass is 31.2. The van der Waals surface area contributed by atoms with Crippen molar-refractivity contribution in [2.24, 2.45) is 0 Å². The Morgan fingerprint density at radius 2 is 1.16 bits per heavy atom. The van der Waals surface area contributed by atoms with E-state index in [0.29, 0.717) is 6.61 Å². The van der Waals surface area contributed by atoms with Crippen LogP contribution in [-0.4, -0.2) is 21.5 Å². The fourth-order valence-electron chi connectivity index (χ4n) is 1.50. The third-order valence-electron chi connectivity index (χ3n) is 2.44. The van der Waals surface area contributed by atoms with Crippen LogP contribution in [0.4, 0.5) is 0 Å². The Morgan fingerprint density at radius 3 is 1.42 bits per heavy atom. The Labute approximate surface area is 117 Å². The van der Waals surface area contributed by atoms with Crippen molar-refractivity contribution >= 4 is 16.5 Å². The van der Waals surface area contributed by atoms with Crippen molar-refractivity contribution < 1.29 is 28.3 Å². The Bertz CT molecular complexity index is 203. The van der Waals surface area contributed by atoms with Crippen LogP contribution in [0.3, 0.4) is 0 Å². The van der Waals surface area contributed by atoms with Crippen molar-refractivity contribution in [3.05, 3.63) is 0 Å². The summed E-state index contributed by atoms with van der Waals surface area (Å²) in [5.41, 5.74) is 0. The monoisotopic (exact) mass is 318 g/mol. The number of aliphatic hydroxyl groups is 1. The molecular formula is C11H28O6P2. The SMILES string of the molecule is CCCCCCCCCCCO.O=[PH](O)O[PH](=O)O. The number of hydrogen-bond acceptors (Lipinski definition) is 4. The van der Waals surface area contributed by atoms with Gasteiger partial charge in [-0.25, -0.2) is 4.31 Å². The summed E-state index contributed by atoms with van der Waals surface area (Å²) in [5, 5.41) is 8.54. The molecule has 8 heteroatoms. The van der Waals surface area contributed by atoms with E-state index >= 15 is 0 Å². The zero-order valence-electron chi connectivity index (χ0n) is 11.6. The lowest BCUT2D eigenvalue weighted by Crippen LogP contribution is -1.84. The van der Waals surface area contributed by atoms with Crippen molar-refractivity contribution in [1.29, 1.82) is 0 Å². The average molecular weight is 318 g/mol. The lowest BCUT2D eigenvalue weighted by Gasteiger charge is -1.99. The van der Waals surface area contributed by atoms with E-state index in [9.17, 15) is 9.13 Å². The van der Waals surface area contributed by atoms with Gasteiger partial charge >= 0.3 is 16.5 Å². The van der Waals surface area contributed by atoms with E-state index in [1.807, 2.05) is 0 Å². The molecule has 0 saturated carbocycles. The van der Waals surface area contributed by atoms with Gasteiger partial charge in [0, 0.05) is 6.61 Å². The van der Waals surface area contributed by atoms with Gasteiger partial charge in [-0.15, -0.1) is 0 Å². The van der Waals surface area contributed by atoms with E-state index in [-0.39, 0.29) is 0 Å². The Balaban J connectivity index is 0. The van der Waals surface area contributed by atoms with E-state index in [0.717, 1.165) is 6.42 Å². The average Bonchev–Trinajstić information content (AvgIpc) is 2.32. The van der Waals surface area contributed by atoms with Gasteiger partial charge in [0.2, 0.25) is 0 Å². The highest BCUT2D eigenvalue weighted by Crippen LogP contribution is 2.30. The standard InChI is InChI=1S/C11H24O.H4O5P2/c1-2-3-4-5-6-7-8-9-10-11-12;1-6(2)5-7(3)4/h12H,2-11H2,1H3;6-7H,(H,1,2)(H,3,4). The van der Waals surface area contributed by atoms with Gasteiger partial charge in [0.25, 0.3) is 0 Å². The zero-order chi connectivity index (χ0) is 14.9. The maximum atomic E-state index is 9.44. The minimum atomic E-state index is -3.20. The molecule has 0 saturated heterocycles. The summed E-state index contributed by atoms with van der Waals surface area (Å²) in [4.78, 5) is 15.4. The molecule has 0 aliphatic rings. The van der Waals surface area contributed by atoms with Gasteiger partial charge in [0.15, 0.2) is 0 Å². The van der Waals surface area contributed by atoms with Crippen LogP contribution in [0.5, 0.6) is 0 Å². The number of unbranched alkanes of at least 4 members (excludes halogenated alkanes) is 8. The summed E-state index contributed by atoms with van der Waals surface area (Å²) in [5.74, 6) is 0. The van der Waals surface area contributed by atoms with Crippen LogP contribution in [0.2, 0.25) is 0 Å². The molecule has 0 heterocycles. The third-order valence-corrected chi connectivity index (χ3v) is 3.83. The van der Waals surface area contributed by atoms with Gasteiger partial charge in [-0.2, -0.15) is 0 Å². The maximum Gasteiger partial charge on any atom is 0.323 e. The fourth-order valence-corrected chi connectivity index (χ4v) is 2.09. The minimum Gasteiger partial charge on any atom is -0.396 e. The van der Waals surface area contributed by atoms with Crippen molar-refractivity contribution in [3.63, 3.8) is 0 Å². The third kappa shape index (κ3) is 27.5. The van der Waals surface area contributed by atoms with Crippen molar-refractivity contribution in [2.45, 2.75) is 64.7 Å². The Kier molecular flexibility index (Phi) is 20.8. The van der Waals surface area contributed by atoms with Gasteiger partial charge in [0.1, 0.15) is 0 Å². The molecule has 118 valence electrons. The first-order valence-electron chi connectivity index (χ1n) is 6.79. The summed E-state index contributed by atoms with van der Waals surface area (Å²) >= 11 is 0. The first kappa shape index (κ1) is 21.6. The molecule has 0 spiro atoms. The lowest BCUT2D eigenvalue weighted by molar-refractivity contribution is 0.282. The maximum absolute atomic E-state index is 9.44. The predicted octanol–water partition coefficient (Wildman–Crippen LogP) is 3.28. The summed E-state index contributed by atoms with van der Waals surface area (Å²) in [6, 6.07) is 0. The van der Waals surface area contributed by atoms with Crippen LogP contribution in [-0.2, 0) is 13.4 Å². The van der Waals surface area contributed by atoms with Gasteiger partial charge in [-0.3, -0.25) is 9.13 Å². The molecule has 3 N–H and O–H groups in total. The molecule has 19 heavy (non-hydrogen) atoms. The van der Waals surface area contributed by atoms with Crippen LogP contribution in [0, 0.1) is 0 Å². The molecular weight excluding hydrogens is 290 g/mol. The van der Waals surface area contributed by atoms with Crippen molar-refractivity contribution in [2.75, 3.05) is 6.61 Å². The topological polar surface area (TPSA) is 104 Å². The largest absolute Gasteiger partial charge is 0.396 e. The smallest absolute Gasteiger partial charge is 0.323 e. The van der Waals surface area contributed by atoms with Crippen LogP contribution < -0.4 is 0 Å². The van der Waals surface area contributed by atoms with Crippen LogP contribution in [0.1, 0.15) is 64.7 Å². The van der Waals surface area contributed by atoms with E-state index < -0.39 is 16.5 Å². The van der Waals surface area contributed by atoms with Crippen LogP contribution >= 0.6 is 16.5 Å². The number of hydrogen-bond donors (Lipinski definition) is 3. The van der Waals surface area contributed by atoms with Gasteiger partial charge in [-0.1, -0.05) is 58.3 Å². The zero-order valence-corrected chi connectivity index (χ0v) is 13.6. The van der Waals surface area contributed by atoms with Crippen LogP contribution in [0.15, 0.2) is 0 Å². The Morgan fingerprint density at radius 1 is 0.789 bits per heavy atom. The molecule has 0 fully saturated rings. The first-order valence-corrected chi connectivity index (χ1v) is 9.31. The lowest BCUT2D eigenvalue weighted by atomic mass is 10.1. The summed E-state index contributed by atoms with van der Waals surface area (Å²) in [6.45, 7) is 2.62. The summed E-state index contributed by atoms with van der Waals surface area (Å²) in [7, 11) is -6.40. The molecule has 2 atom stereocenters. The molecule has 0 aliphatic carbocycles. The molecule has 0 aromatic rings. The fraction of sp³-hybridized carbons (Fsp3) is 1.00. The van der Waals surface area contributed by atoms with Gasteiger partial charge in [0.05, 0.1) is 0 Å². The second-order valence-corrected chi connectivity index (χ2v) is 6.07. The minimum absolute atomic E-state index is 0.371. The summed E-state index contributed by atoms with van der Waals surface area (Å²) < 4.78 is 22.3.